The monoisotopic (exact) mass is 283 g/mol. The molecule has 106 valence electrons. The van der Waals surface area contributed by atoms with Crippen molar-refractivity contribution in [3.63, 3.8) is 0 Å². The Morgan fingerprint density at radius 3 is 2.63 bits per heavy atom. The fraction of sp³-hybridized carbons (Fsp3) is 0.538. The molecule has 1 aromatic rings. The van der Waals surface area contributed by atoms with Gasteiger partial charge in [0, 0.05) is 19.3 Å². The van der Waals surface area contributed by atoms with Crippen molar-refractivity contribution in [1.82, 2.24) is 4.72 Å². The summed E-state index contributed by atoms with van der Waals surface area (Å²) >= 11 is 0. The van der Waals surface area contributed by atoms with Gasteiger partial charge in [0.25, 0.3) is 0 Å². The highest BCUT2D eigenvalue weighted by Crippen LogP contribution is 2.31. The first kappa shape index (κ1) is 14.1. The van der Waals surface area contributed by atoms with Crippen LogP contribution in [0.2, 0.25) is 0 Å². The molecule has 1 saturated carbocycles. The predicted octanol–water partition coefficient (Wildman–Crippen LogP) is 1.41. The second-order valence-electron chi connectivity index (χ2n) is 5.11. The summed E-state index contributed by atoms with van der Waals surface area (Å²) in [5, 5.41) is 0. The Balaban J connectivity index is 2.33. The molecular weight excluding hydrogens is 262 g/mol. The minimum absolute atomic E-state index is 0.247. The second kappa shape index (κ2) is 5.38. The zero-order valence-electron chi connectivity index (χ0n) is 11.4. The van der Waals surface area contributed by atoms with E-state index in [1.807, 2.05) is 11.9 Å². The molecule has 0 bridgehead atoms. The summed E-state index contributed by atoms with van der Waals surface area (Å²) in [6, 6.07) is 5.03. The molecule has 2 rings (SSSR count). The molecule has 1 aliphatic rings. The smallest absolute Gasteiger partial charge is 0.242 e. The molecule has 1 aromatic carbocycles. The SMILES string of the molecule is CNS(=O)(=O)c1cc(N)ccc1N(C)CC1CCC1. The van der Waals surface area contributed by atoms with Gasteiger partial charge in [-0.25, -0.2) is 13.1 Å². The fourth-order valence-electron chi connectivity index (χ4n) is 2.33. The predicted molar refractivity (Wildman–Crippen MR) is 77.7 cm³/mol. The highest BCUT2D eigenvalue weighted by atomic mass is 32.2. The minimum Gasteiger partial charge on any atom is -0.399 e. The third-order valence-corrected chi connectivity index (χ3v) is 5.15. The molecule has 0 amide bonds. The van der Waals surface area contributed by atoms with Gasteiger partial charge in [0.15, 0.2) is 0 Å². The second-order valence-corrected chi connectivity index (χ2v) is 6.97. The first-order valence-corrected chi connectivity index (χ1v) is 7.96. The van der Waals surface area contributed by atoms with Crippen LogP contribution in [0.25, 0.3) is 0 Å². The number of nitrogens with zero attached hydrogens (tertiary/aromatic N) is 1. The number of hydrogen-bond donors (Lipinski definition) is 2. The molecule has 6 heteroatoms. The van der Waals surface area contributed by atoms with Crippen LogP contribution in [0.1, 0.15) is 19.3 Å². The maximum atomic E-state index is 12.1. The van der Waals surface area contributed by atoms with Gasteiger partial charge in [-0.3, -0.25) is 0 Å². The van der Waals surface area contributed by atoms with Crippen molar-refractivity contribution >= 4 is 21.4 Å². The molecule has 0 saturated heterocycles. The average molecular weight is 283 g/mol. The largest absolute Gasteiger partial charge is 0.399 e. The van der Waals surface area contributed by atoms with Crippen LogP contribution in [-0.4, -0.2) is 29.1 Å². The van der Waals surface area contributed by atoms with Crippen LogP contribution >= 0.6 is 0 Å². The summed E-state index contributed by atoms with van der Waals surface area (Å²) in [6.07, 6.45) is 3.74. The molecule has 1 fully saturated rings. The van der Waals surface area contributed by atoms with Gasteiger partial charge in [-0.1, -0.05) is 6.42 Å². The van der Waals surface area contributed by atoms with Crippen molar-refractivity contribution in [2.75, 3.05) is 31.3 Å². The Hall–Kier alpha value is -1.27. The van der Waals surface area contributed by atoms with Crippen LogP contribution in [0.5, 0.6) is 0 Å². The summed E-state index contributed by atoms with van der Waals surface area (Å²) in [5.74, 6) is 0.674. The van der Waals surface area contributed by atoms with E-state index in [1.165, 1.54) is 32.4 Å². The first-order chi connectivity index (χ1) is 8.94. The summed E-state index contributed by atoms with van der Waals surface area (Å²) in [4.78, 5) is 2.25. The lowest BCUT2D eigenvalue weighted by Gasteiger charge is -2.32. The van der Waals surface area contributed by atoms with E-state index in [9.17, 15) is 8.42 Å². The first-order valence-electron chi connectivity index (χ1n) is 6.48. The molecule has 5 nitrogen and oxygen atoms in total. The number of nitrogen functional groups attached to an aromatic ring is 1. The Bertz CT molecular complexity index is 553. The topological polar surface area (TPSA) is 75.4 Å². The number of nitrogens with one attached hydrogen (secondary N) is 1. The lowest BCUT2D eigenvalue weighted by atomic mass is 9.85. The van der Waals surface area contributed by atoms with Crippen molar-refractivity contribution < 1.29 is 8.42 Å². The number of rotatable bonds is 5. The zero-order valence-corrected chi connectivity index (χ0v) is 12.2. The van der Waals surface area contributed by atoms with Crippen molar-refractivity contribution in [3.8, 4) is 0 Å². The van der Waals surface area contributed by atoms with Gasteiger partial charge < -0.3 is 10.6 Å². The van der Waals surface area contributed by atoms with E-state index >= 15 is 0 Å². The van der Waals surface area contributed by atoms with Crippen LogP contribution in [0, 0.1) is 5.92 Å². The lowest BCUT2D eigenvalue weighted by Crippen LogP contribution is -2.31. The highest BCUT2D eigenvalue weighted by molar-refractivity contribution is 7.89. The molecule has 0 radical (unpaired) electrons. The quantitative estimate of drug-likeness (QED) is 0.801. The van der Waals surface area contributed by atoms with E-state index in [0.717, 1.165) is 6.54 Å². The molecule has 3 N–H and O–H groups in total. The third kappa shape index (κ3) is 3.01. The summed E-state index contributed by atoms with van der Waals surface area (Å²) < 4.78 is 26.5. The number of nitrogens with two attached hydrogens (primary N) is 1. The van der Waals surface area contributed by atoms with E-state index in [0.29, 0.717) is 17.3 Å². The molecule has 0 spiro atoms. The summed E-state index contributed by atoms with van der Waals surface area (Å²) in [5.41, 5.74) is 6.86. The standard InChI is InChI=1S/C13H21N3O2S/c1-15-19(17,18)13-8-11(14)6-7-12(13)16(2)9-10-4-3-5-10/h6-8,10,15H,3-5,9,14H2,1-2H3. The van der Waals surface area contributed by atoms with Gasteiger partial charge >= 0.3 is 0 Å². The van der Waals surface area contributed by atoms with Crippen LogP contribution < -0.4 is 15.4 Å². The average Bonchev–Trinajstić information content (AvgIpc) is 2.33. The van der Waals surface area contributed by atoms with E-state index < -0.39 is 10.0 Å². The number of sulfonamides is 1. The van der Waals surface area contributed by atoms with Crippen LogP contribution in [0.4, 0.5) is 11.4 Å². The third-order valence-electron chi connectivity index (χ3n) is 3.71. The van der Waals surface area contributed by atoms with Crippen LogP contribution in [-0.2, 0) is 10.0 Å². The van der Waals surface area contributed by atoms with Crippen molar-refractivity contribution in [2.24, 2.45) is 5.92 Å². The number of hydrogen-bond acceptors (Lipinski definition) is 4. The van der Waals surface area contributed by atoms with Gasteiger partial charge in [-0.05, 0) is 44.0 Å². The van der Waals surface area contributed by atoms with Crippen molar-refractivity contribution in [3.05, 3.63) is 18.2 Å². The van der Waals surface area contributed by atoms with Gasteiger partial charge in [0.2, 0.25) is 10.0 Å². The lowest BCUT2D eigenvalue weighted by molar-refractivity contribution is 0.321. The molecule has 1 aliphatic carbocycles. The molecule has 0 aromatic heterocycles. The molecule has 0 heterocycles. The van der Waals surface area contributed by atoms with Gasteiger partial charge in [-0.15, -0.1) is 0 Å². The molecule has 0 atom stereocenters. The van der Waals surface area contributed by atoms with Crippen molar-refractivity contribution in [1.29, 1.82) is 0 Å². The van der Waals surface area contributed by atoms with Gasteiger partial charge in [0.05, 0.1) is 5.69 Å². The van der Waals surface area contributed by atoms with Crippen molar-refractivity contribution in [2.45, 2.75) is 24.2 Å². The maximum absolute atomic E-state index is 12.1. The van der Waals surface area contributed by atoms with Crippen LogP contribution in [0.15, 0.2) is 23.1 Å². The Morgan fingerprint density at radius 1 is 1.42 bits per heavy atom. The van der Waals surface area contributed by atoms with E-state index in [1.54, 1.807) is 12.1 Å². The van der Waals surface area contributed by atoms with Gasteiger partial charge in [0.1, 0.15) is 4.90 Å². The molecule has 19 heavy (non-hydrogen) atoms. The van der Waals surface area contributed by atoms with E-state index in [4.69, 9.17) is 5.73 Å². The molecule has 0 aliphatic heterocycles. The molecular formula is C13H21N3O2S. The number of benzene rings is 1. The maximum Gasteiger partial charge on any atom is 0.242 e. The zero-order chi connectivity index (χ0) is 14.0. The minimum atomic E-state index is -3.49. The van der Waals surface area contributed by atoms with Crippen LogP contribution in [0.3, 0.4) is 0 Å². The molecule has 0 unspecified atom stereocenters. The normalized spacial score (nSPS) is 16.1. The van der Waals surface area contributed by atoms with Gasteiger partial charge in [-0.2, -0.15) is 0 Å². The summed E-state index contributed by atoms with van der Waals surface area (Å²) in [6.45, 7) is 0.885. The Morgan fingerprint density at radius 2 is 2.11 bits per heavy atom. The Labute approximate surface area is 114 Å². The van der Waals surface area contributed by atoms with E-state index in [2.05, 4.69) is 4.72 Å². The Kier molecular flexibility index (Phi) is 4.01. The van der Waals surface area contributed by atoms with E-state index in [-0.39, 0.29) is 4.90 Å². The number of anilines is 2. The highest BCUT2D eigenvalue weighted by Gasteiger charge is 2.23. The summed E-state index contributed by atoms with van der Waals surface area (Å²) in [7, 11) is -0.152. The fourth-order valence-corrected chi connectivity index (χ4v) is 3.34.